The number of hydrogen-bond donors (Lipinski definition) is 4. The molecule has 33 heavy (non-hydrogen) atoms. The molecular formula is C24H27ClN6O2. The smallest absolute Gasteiger partial charge is 0.198 e. The maximum atomic E-state index is 9.94. The van der Waals surface area contributed by atoms with E-state index in [4.69, 9.17) is 27.8 Å². The van der Waals surface area contributed by atoms with Crippen LogP contribution in [0.4, 0.5) is 17.1 Å². The Morgan fingerprint density at radius 1 is 1.21 bits per heavy atom. The number of pyridine rings is 1. The molecule has 1 fully saturated rings. The highest BCUT2D eigenvalue weighted by molar-refractivity contribution is 6.33. The first kappa shape index (κ1) is 22.7. The van der Waals surface area contributed by atoms with E-state index in [1.807, 2.05) is 12.1 Å². The fourth-order valence-corrected chi connectivity index (χ4v) is 4.00. The van der Waals surface area contributed by atoms with Crippen molar-refractivity contribution in [2.24, 2.45) is 10.7 Å². The van der Waals surface area contributed by atoms with Gasteiger partial charge in [-0.2, -0.15) is 0 Å². The Morgan fingerprint density at radius 2 is 2.03 bits per heavy atom. The molecule has 0 unspecified atom stereocenters. The number of likely N-dealkylation sites (tertiary alicyclic amines) is 1. The number of nitrogen functional groups attached to an aromatic ring is 1. The molecule has 1 aliphatic rings. The Morgan fingerprint density at radius 3 is 2.79 bits per heavy atom. The number of halogens is 1. The van der Waals surface area contributed by atoms with Crippen molar-refractivity contribution < 1.29 is 9.84 Å². The van der Waals surface area contributed by atoms with Crippen LogP contribution in [0, 0.1) is 0 Å². The number of phenols is 1. The van der Waals surface area contributed by atoms with Gasteiger partial charge in [0.1, 0.15) is 23.8 Å². The lowest BCUT2D eigenvalue weighted by Crippen LogP contribution is -2.25. The average molecular weight is 467 g/mol. The van der Waals surface area contributed by atoms with Crippen molar-refractivity contribution in [3.05, 3.63) is 59.9 Å². The summed E-state index contributed by atoms with van der Waals surface area (Å²) in [6.07, 6.45) is 5.75. The summed E-state index contributed by atoms with van der Waals surface area (Å²) in [4.78, 5) is 10.9. The Kier molecular flexibility index (Phi) is 7.16. The van der Waals surface area contributed by atoms with E-state index in [0.717, 1.165) is 19.6 Å². The molecular weight excluding hydrogens is 440 g/mol. The number of rotatable bonds is 7. The van der Waals surface area contributed by atoms with Crippen LogP contribution in [0.25, 0.3) is 11.1 Å². The summed E-state index contributed by atoms with van der Waals surface area (Å²) in [6.45, 7) is 3.45. The van der Waals surface area contributed by atoms with Gasteiger partial charge in [0.25, 0.3) is 0 Å². The van der Waals surface area contributed by atoms with Crippen LogP contribution in [0.5, 0.6) is 11.5 Å². The molecule has 0 spiro atoms. The SMILES string of the molecule is NC(=Nc1c(N)cc(-c2cc(O)ccc2Cl)cc1OCCN1CCCC1)Nc1cccnc1. The maximum absolute atomic E-state index is 9.94. The molecule has 1 aromatic heterocycles. The van der Waals surface area contributed by atoms with Crippen LogP contribution in [-0.4, -0.2) is 47.2 Å². The second-order valence-corrected chi connectivity index (χ2v) is 8.24. The van der Waals surface area contributed by atoms with E-state index in [0.29, 0.717) is 45.6 Å². The van der Waals surface area contributed by atoms with E-state index in [9.17, 15) is 5.11 Å². The van der Waals surface area contributed by atoms with Gasteiger partial charge in [0.2, 0.25) is 0 Å². The molecule has 0 atom stereocenters. The van der Waals surface area contributed by atoms with Gasteiger partial charge in [0.15, 0.2) is 5.96 Å². The zero-order valence-corrected chi connectivity index (χ0v) is 18.9. The molecule has 172 valence electrons. The molecule has 0 bridgehead atoms. The highest BCUT2D eigenvalue weighted by Crippen LogP contribution is 2.41. The molecule has 2 heterocycles. The third-order valence-corrected chi connectivity index (χ3v) is 5.72. The lowest BCUT2D eigenvalue weighted by atomic mass is 10.0. The van der Waals surface area contributed by atoms with Crippen LogP contribution in [-0.2, 0) is 0 Å². The first-order chi connectivity index (χ1) is 16.0. The molecule has 0 aliphatic carbocycles. The first-order valence-corrected chi connectivity index (χ1v) is 11.2. The number of phenolic OH excluding ortho intramolecular Hbond substituents is 1. The van der Waals surface area contributed by atoms with E-state index in [-0.39, 0.29) is 11.7 Å². The summed E-state index contributed by atoms with van der Waals surface area (Å²) in [6, 6.07) is 11.9. The van der Waals surface area contributed by atoms with Crippen LogP contribution in [0.2, 0.25) is 5.02 Å². The Balaban J connectivity index is 1.65. The fourth-order valence-electron chi connectivity index (χ4n) is 3.77. The first-order valence-electron chi connectivity index (χ1n) is 10.8. The lowest BCUT2D eigenvalue weighted by Gasteiger charge is -2.18. The number of anilines is 2. The monoisotopic (exact) mass is 466 g/mol. The van der Waals surface area contributed by atoms with E-state index >= 15 is 0 Å². The van der Waals surface area contributed by atoms with E-state index in [1.54, 1.807) is 36.7 Å². The van der Waals surface area contributed by atoms with Crippen LogP contribution in [0.3, 0.4) is 0 Å². The number of nitrogens with two attached hydrogens (primary N) is 2. The largest absolute Gasteiger partial charge is 0.508 e. The molecule has 6 N–H and O–H groups in total. The minimum Gasteiger partial charge on any atom is -0.508 e. The number of aromatic nitrogens is 1. The van der Waals surface area contributed by atoms with Gasteiger partial charge in [-0.3, -0.25) is 9.88 Å². The normalized spacial score (nSPS) is 14.4. The second-order valence-electron chi connectivity index (χ2n) is 7.84. The minimum absolute atomic E-state index is 0.108. The summed E-state index contributed by atoms with van der Waals surface area (Å²) in [7, 11) is 0. The number of aliphatic imine (C=N–C) groups is 1. The maximum Gasteiger partial charge on any atom is 0.198 e. The highest BCUT2D eigenvalue weighted by atomic mass is 35.5. The molecule has 9 heteroatoms. The number of ether oxygens (including phenoxy) is 1. The zero-order valence-electron chi connectivity index (χ0n) is 18.2. The Bertz CT molecular complexity index is 1130. The third kappa shape index (κ3) is 5.85. The molecule has 0 radical (unpaired) electrons. The second kappa shape index (κ2) is 10.4. The summed E-state index contributed by atoms with van der Waals surface area (Å²) in [5, 5.41) is 13.4. The molecule has 0 saturated carbocycles. The quantitative estimate of drug-likeness (QED) is 0.233. The van der Waals surface area contributed by atoms with Crippen molar-refractivity contribution in [2.45, 2.75) is 12.8 Å². The highest BCUT2D eigenvalue weighted by Gasteiger charge is 2.16. The fraction of sp³-hybridized carbons (Fsp3) is 0.250. The molecule has 1 aliphatic heterocycles. The standard InChI is InChI=1S/C24H27ClN6O2/c25-20-6-5-18(32)14-19(20)16-12-21(26)23(30-24(27)29-17-4-3-7-28-15-17)22(13-16)33-11-10-31-8-1-2-9-31/h3-7,12-15,32H,1-2,8-11,26H2,(H3,27,29,30). The predicted molar refractivity (Wildman–Crippen MR) is 133 cm³/mol. The number of hydrogen-bond acceptors (Lipinski definition) is 6. The summed E-state index contributed by atoms with van der Waals surface area (Å²) < 4.78 is 6.13. The van der Waals surface area contributed by atoms with Gasteiger partial charge >= 0.3 is 0 Å². The molecule has 2 aromatic carbocycles. The average Bonchev–Trinajstić information content (AvgIpc) is 3.31. The van der Waals surface area contributed by atoms with Gasteiger partial charge in [0, 0.05) is 23.3 Å². The Labute approximate surface area is 197 Å². The number of guanidine groups is 1. The van der Waals surface area contributed by atoms with Crippen molar-refractivity contribution >= 4 is 34.6 Å². The lowest BCUT2D eigenvalue weighted by molar-refractivity contribution is 0.238. The van der Waals surface area contributed by atoms with E-state index in [1.165, 1.54) is 18.9 Å². The van der Waals surface area contributed by atoms with Gasteiger partial charge in [-0.25, -0.2) is 4.99 Å². The number of benzene rings is 2. The topological polar surface area (TPSA) is 122 Å². The van der Waals surface area contributed by atoms with E-state index in [2.05, 4.69) is 20.2 Å². The third-order valence-electron chi connectivity index (χ3n) is 5.40. The van der Waals surface area contributed by atoms with E-state index < -0.39 is 0 Å². The van der Waals surface area contributed by atoms with Gasteiger partial charge in [0.05, 0.1) is 17.6 Å². The number of nitrogens with zero attached hydrogens (tertiary/aromatic N) is 3. The summed E-state index contributed by atoms with van der Waals surface area (Å²) in [5.74, 6) is 0.748. The van der Waals surface area contributed by atoms with Crippen LogP contribution in [0.1, 0.15) is 12.8 Å². The molecule has 0 amide bonds. The zero-order chi connectivity index (χ0) is 23.2. The van der Waals surface area contributed by atoms with Gasteiger partial charge in [-0.05, 0) is 74.0 Å². The van der Waals surface area contributed by atoms with Gasteiger partial charge < -0.3 is 26.6 Å². The van der Waals surface area contributed by atoms with Crippen molar-refractivity contribution in [2.75, 3.05) is 37.3 Å². The van der Waals surface area contributed by atoms with Crippen molar-refractivity contribution in [1.82, 2.24) is 9.88 Å². The molecule has 3 aromatic rings. The van der Waals surface area contributed by atoms with Crippen molar-refractivity contribution in [1.29, 1.82) is 0 Å². The molecule has 1 saturated heterocycles. The van der Waals surface area contributed by atoms with Crippen molar-refractivity contribution in [3.8, 4) is 22.6 Å². The minimum atomic E-state index is 0.108. The predicted octanol–water partition coefficient (Wildman–Crippen LogP) is 4.22. The van der Waals surface area contributed by atoms with Crippen LogP contribution >= 0.6 is 11.6 Å². The van der Waals surface area contributed by atoms with Crippen LogP contribution < -0.4 is 21.5 Å². The van der Waals surface area contributed by atoms with Crippen LogP contribution in [0.15, 0.2) is 59.9 Å². The number of aromatic hydroxyl groups is 1. The van der Waals surface area contributed by atoms with Crippen molar-refractivity contribution in [3.63, 3.8) is 0 Å². The Hall–Kier alpha value is -3.49. The van der Waals surface area contributed by atoms with Gasteiger partial charge in [-0.15, -0.1) is 0 Å². The molecule has 8 nitrogen and oxygen atoms in total. The molecule has 4 rings (SSSR count). The summed E-state index contributed by atoms with van der Waals surface area (Å²) >= 11 is 6.38. The van der Waals surface area contributed by atoms with Gasteiger partial charge in [-0.1, -0.05) is 11.6 Å². The summed E-state index contributed by atoms with van der Waals surface area (Å²) in [5.41, 5.74) is 15.4. The number of nitrogens with one attached hydrogen (secondary N) is 1.